The van der Waals surface area contributed by atoms with Gasteiger partial charge in [0.15, 0.2) is 0 Å². The zero-order valence-corrected chi connectivity index (χ0v) is 19.4. The van der Waals surface area contributed by atoms with Crippen LogP contribution in [0.2, 0.25) is 0 Å². The van der Waals surface area contributed by atoms with Crippen molar-refractivity contribution < 1.29 is 22.8 Å². The second kappa shape index (κ2) is 8.79. The molecule has 0 fully saturated rings. The van der Waals surface area contributed by atoms with Crippen LogP contribution in [0.5, 0.6) is 0 Å². The van der Waals surface area contributed by atoms with Crippen LogP contribution in [0.4, 0.5) is 19.0 Å². The summed E-state index contributed by atoms with van der Waals surface area (Å²) in [6.45, 7) is 7.89. The third-order valence-electron chi connectivity index (χ3n) is 5.24. The molecule has 32 heavy (non-hydrogen) atoms. The van der Waals surface area contributed by atoms with Crippen molar-refractivity contribution in [3.8, 4) is 0 Å². The number of nitrogens with zero attached hydrogens (tertiary/aromatic N) is 3. The minimum atomic E-state index is -3.73. The maximum absolute atomic E-state index is 15.1. The molecule has 0 aliphatic heterocycles. The highest BCUT2D eigenvalue weighted by Crippen LogP contribution is 2.38. The third-order valence-corrected chi connectivity index (χ3v) is 6.59. The Balaban J connectivity index is 2.05. The van der Waals surface area contributed by atoms with E-state index in [0.29, 0.717) is 28.0 Å². The fourth-order valence-corrected chi connectivity index (χ4v) is 4.18. The molecular formula is C22H26F3N4O2P. The molecule has 2 heterocycles. The number of pyridine rings is 1. The average Bonchev–Trinajstić information content (AvgIpc) is 2.71. The summed E-state index contributed by atoms with van der Waals surface area (Å²) in [6.07, 6.45) is -0.706. The van der Waals surface area contributed by atoms with Crippen molar-refractivity contribution in [1.29, 1.82) is 0 Å². The van der Waals surface area contributed by atoms with Gasteiger partial charge in [-0.05, 0) is 45.7 Å². The van der Waals surface area contributed by atoms with Gasteiger partial charge >= 0.3 is 5.92 Å². The Bertz CT molecular complexity index is 1200. The van der Waals surface area contributed by atoms with E-state index < -0.39 is 36.6 Å². The molecule has 2 atom stereocenters. The third kappa shape index (κ3) is 4.64. The summed E-state index contributed by atoms with van der Waals surface area (Å²) in [5, 5.41) is 13.3. The van der Waals surface area contributed by atoms with Crippen molar-refractivity contribution >= 4 is 29.3 Å². The zero-order chi connectivity index (χ0) is 23.8. The van der Waals surface area contributed by atoms with Crippen LogP contribution in [-0.2, 0) is 10.5 Å². The molecule has 0 bridgehead atoms. The number of rotatable bonds is 7. The van der Waals surface area contributed by atoms with Crippen LogP contribution in [0.3, 0.4) is 0 Å². The van der Waals surface area contributed by atoms with Gasteiger partial charge in [-0.2, -0.15) is 8.78 Å². The van der Waals surface area contributed by atoms with Crippen molar-refractivity contribution in [3.05, 3.63) is 53.2 Å². The summed E-state index contributed by atoms with van der Waals surface area (Å²) in [4.78, 5) is 12.9. The van der Waals surface area contributed by atoms with Crippen molar-refractivity contribution in [2.24, 2.45) is 0 Å². The summed E-state index contributed by atoms with van der Waals surface area (Å²) in [6, 6.07) is 4.60. The monoisotopic (exact) mass is 466 g/mol. The van der Waals surface area contributed by atoms with Crippen LogP contribution >= 0.6 is 7.14 Å². The molecule has 6 nitrogen and oxygen atoms in total. The molecule has 2 N–H and O–H groups in total. The van der Waals surface area contributed by atoms with Crippen molar-refractivity contribution in [3.63, 3.8) is 0 Å². The number of alkyl halides is 2. The lowest BCUT2D eigenvalue weighted by atomic mass is 9.96. The molecule has 3 rings (SSSR count). The second-order valence-electron chi connectivity index (χ2n) is 8.15. The lowest BCUT2D eigenvalue weighted by Crippen LogP contribution is -2.31. The molecule has 0 radical (unpaired) electrons. The molecule has 0 amide bonds. The van der Waals surface area contributed by atoms with Crippen LogP contribution in [0.1, 0.15) is 43.3 Å². The fraction of sp³-hybridized carbons (Fsp3) is 0.409. The first-order valence-corrected chi connectivity index (χ1v) is 12.8. The standard InChI is InChI=1S/C22H26F3N4O2P/c1-6-18(30)22(24,25)16-9-7-8-14(20(16)23)12(2)27-21-15-10-19(32(4,5)31)26-11-17(15)28-13(3)29-21/h7-12,18,30H,6H2,1-5H3,(H,27,28,29)/t12-,18?/m1/s1. The Morgan fingerprint density at radius 3 is 2.56 bits per heavy atom. The highest BCUT2D eigenvalue weighted by molar-refractivity contribution is 7.69. The van der Waals surface area contributed by atoms with Gasteiger partial charge in [-0.3, -0.25) is 4.98 Å². The van der Waals surface area contributed by atoms with Crippen LogP contribution in [0.15, 0.2) is 30.5 Å². The van der Waals surface area contributed by atoms with E-state index in [-0.39, 0.29) is 12.0 Å². The number of hydrogen-bond donors (Lipinski definition) is 2. The smallest absolute Gasteiger partial charge is 0.301 e. The fourth-order valence-electron chi connectivity index (χ4n) is 3.40. The molecule has 0 saturated carbocycles. The number of aromatic nitrogens is 3. The Kier molecular flexibility index (Phi) is 6.63. The molecule has 172 valence electrons. The number of aliphatic hydroxyl groups is 1. The quantitative estimate of drug-likeness (QED) is 0.489. The molecule has 0 spiro atoms. The van der Waals surface area contributed by atoms with E-state index in [1.54, 1.807) is 33.2 Å². The van der Waals surface area contributed by atoms with E-state index >= 15 is 4.39 Å². The number of fused-ring (bicyclic) bond motifs is 1. The van der Waals surface area contributed by atoms with E-state index in [1.807, 2.05) is 0 Å². The normalized spacial score (nSPS) is 14.4. The Morgan fingerprint density at radius 1 is 1.25 bits per heavy atom. The van der Waals surface area contributed by atoms with Crippen molar-refractivity contribution in [1.82, 2.24) is 15.0 Å². The maximum atomic E-state index is 15.1. The van der Waals surface area contributed by atoms with Gasteiger partial charge in [0.2, 0.25) is 0 Å². The number of halogens is 3. The van der Waals surface area contributed by atoms with Gasteiger partial charge in [0.1, 0.15) is 36.1 Å². The largest absolute Gasteiger partial charge is 0.386 e. The summed E-state index contributed by atoms with van der Waals surface area (Å²) in [5.41, 5.74) is 0.0534. The van der Waals surface area contributed by atoms with Gasteiger partial charge in [0.25, 0.3) is 0 Å². The molecule has 2 aromatic heterocycles. The van der Waals surface area contributed by atoms with E-state index in [9.17, 15) is 18.5 Å². The average molecular weight is 466 g/mol. The molecule has 0 aliphatic rings. The first kappa shape index (κ1) is 24.1. The van der Waals surface area contributed by atoms with Crippen molar-refractivity contribution in [2.45, 2.75) is 45.3 Å². The van der Waals surface area contributed by atoms with Gasteiger partial charge in [0, 0.05) is 10.9 Å². The molecule has 0 saturated heterocycles. The minimum Gasteiger partial charge on any atom is -0.386 e. The van der Waals surface area contributed by atoms with Gasteiger partial charge in [-0.15, -0.1) is 0 Å². The highest BCUT2D eigenvalue weighted by Gasteiger charge is 2.42. The van der Waals surface area contributed by atoms with E-state index in [4.69, 9.17) is 0 Å². The van der Waals surface area contributed by atoms with Gasteiger partial charge in [-0.25, -0.2) is 14.4 Å². The summed E-state index contributed by atoms with van der Waals surface area (Å²) >= 11 is 0. The van der Waals surface area contributed by atoms with Crippen molar-refractivity contribution in [2.75, 3.05) is 18.6 Å². The summed E-state index contributed by atoms with van der Waals surface area (Å²) in [5.74, 6) is -4.03. The Morgan fingerprint density at radius 2 is 1.94 bits per heavy atom. The van der Waals surface area contributed by atoms with Crippen LogP contribution in [0.25, 0.3) is 10.9 Å². The van der Waals surface area contributed by atoms with Crippen LogP contribution < -0.4 is 10.8 Å². The second-order valence-corrected chi connectivity index (χ2v) is 11.3. The summed E-state index contributed by atoms with van der Waals surface area (Å²) < 4.78 is 56.7. The minimum absolute atomic E-state index is 0.000766. The number of nitrogens with one attached hydrogen (secondary N) is 1. The van der Waals surface area contributed by atoms with E-state index in [1.165, 1.54) is 25.3 Å². The Hall–Kier alpha value is -2.51. The molecule has 0 aliphatic carbocycles. The van der Waals surface area contributed by atoms with Crippen LogP contribution in [-0.4, -0.2) is 39.5 Å². The molecule has 1 unspecified atom stereocenters. The number of hydrogen-bond acceptors (Lipinski definition) is 6. The lowest BCUT2D eigenvalue weighted by molar-refractivity contribution is -0.118. The molecular weight excluding hydrogens is 440 g/mol. The topological polar surface area (TPSA) is 88.0 Å². The predicted molar refractivity (Wildman–Crippen MR) is 120 cm³/mol. The lowest BCUT2D eigenvalue weighted by Gasteiger charge is -2.24. The Labute approximate surface area is 184 Å². The predicted octanol–water partition coefficient (Wildman–Crippen LogP) is 4.76. The van der Waals surface area contributed by atoms with Gasteiger partial charge < -0.3 is 15.0 Å². The summed E-state index contributed by atoms with van der Waals surface area (Å²) in [7, 11) is -2.65. The molecule has 10 heteroatoms. The van der Waals surface area contributed by atoms with E-state index in [2.05, 4.69) is 20.3 Å². The van der Waals surface area contributed by atoms with Gasteiger partial charge in [0.05, 0.1) is 23.3 Å². The number of aryl methyl sites for hydroxylation is 1. The van der Waals surface area contributed by atoms with Crippen LogP contribution in [0, 0.1) is 12.7 Å². The molecule has 1 aromatic carbocycles. The molecule has 3 aromatic rings. The van der Waals surface area contributed by atoms with Gasteiger partial charge in [-0.1, -0.05) is 19.1 Å². The maximum Gasteiger partial charge on any atom is 0.301 e. The first-order chi connectivity index (χ1) is 14.9. The number of aliphatic hydroxyl groups excluding tert-OH is 1. The number of anilines is 1. The SMILES string of the molecule is CCC(O)C(F)(F)c1cccc([C@@H](C)Nc2nc(C)nc3cnc(P(C)(C)=O)cc23)c1F. The zero-order valence-electron chi connectivity index (χ0n) is 18.5. The highest BCUT2D eigenvalue weighted by atomic mass is 31.2. The number of benzene rings is 1. The first-order valence-electron chi connectivity index (χ1n) is 10.2. The van der Waals surface area contributed by atoms with E-state index in [0.717, 1.165) is 6.07 Å².